The highest BCUT2D eigenvalue weighted by atomic mass is 16.5. The van der Waals surface area contributed by atoms with Gasteiger partial charge in [-0.15, -0.1) is 0 Å². The van der Waals surface area contributed by atoms with Crippen LogP contribution in [0.1, 0.15) is 51.7 Å². The number of guanidine groups is 1. The predicted octanol–water partition coefficient (Wildman–Crippen LogP) is 3.77. The molecule has 0 aromatic heterocycles. The van der Waals surface area contributed by atoms with Gasteiger partial charge >= 0.3 is 0 Å². The number of benzene rings is 1. The number of ether oxygens (including phenoxy) is 2. The van der Waals surface area contributed by atoms with Crippen LogP contribution in [0, 0.1) is 11.8 Å². The predicted molar refractivity (Wildman–Crippen MR) is 112 cm³/mol. The molecule has 0 saturated carbocycles. The molecule has 1 aliphatic heterocycles. The van der Waals surface area contributed by atoms with Crippen molar-refractivity contribution in [3.8, 4) is 0 Å². The third kappa shape index (κ3) is 7.15. The van der Waals surface area contributed by atoms with E-state index in [0.29, 0.717) is 11.8 Å². The van der Waals surface area contributed by atoms with Gasteiger partial charge in [0.2, 0.25) is 0 Å². The van der Waals surface area contributed by atoms with Crippen LogP contribution in [-0.2, 0) is 9.47 Å². The second-order valence-corrected chi connectivity index (χ2v) is 7.51. The fourth-order valence-corrected chi connectivity index (χ4v) is 3.67. The van der Waals surface area contributed by atoms with Crippen LogP contribution < -0.4 is 10.6 Å². The van der Waals surface area contributed by atoms with E-state index in [-0.39, 0.29) is 12.2 Å². The molecule has 0 aliphatic carbocycles. The Bertz CT molecular complexity index is 548. The summed E-state index contributed by atoms with van der Waals surface area (Å²) in [5, 5.41) is 6.92. The van der Waals surface area contributed by atoms with E-state index in [2.05, 4.69) is 66.7 Å². The first-order valence-corrected chi connectivity index (χ1v) is 10.4. The third-order valence-corrected chi connectivity index (χ3v) is 5.17. The molecule has 5 heteroatoms. The summed E-state index contributed by atoms with van der Waals surface area (Å²) in [5.41, 5.74) is 1.27. The van der Waals surface area contributed by atoms with Crippen LogP contribution >= 0.6 is 0 Å². The minimum atomic E-state index is 0.161. The Hall–Kier alpha value is -1.59. The van der Waals surface area contributed by atoms with Gasteiger partial charge in [-0.3, -0.25) is 4.99 Å². The molecule has 1 fully saturated rings. The monoisotopic (exact) mass is 375 g/mol. The standard InChI is InChI=1S/C22H37N3O2/c1-5-26-20(17(2)3)13-14-24-22(23-4)25-16-19-12-9-15-27-21(19)18-10-7-6-8-11-18/h6-8,10-11,17,19-21H,5,9,12-16H2,1-4H3,(H2,23,24,25). The van der Waals surface area contributed by atoms with Crippen LogP contribution in [0.4, 0.5) is 0 Å². The van der Waals surface area contributed by atoms with E-state index < -0.39 is 0 Å². The van der Waals surface area contributed by atoms with Crippen LogP contribution in [0.5, 0.6) is 0 Å². The molecule has 152 valence electrons. The minimum Gasteiger partial charge on any atom is -0.378 e. The molecule has 0 amide bonds. The summed E-state index contributed by atoms with van der Waals surface area (Å²) >= 11 is 0. The molecular weight excluding hydrogens is 338 g/mol. The summed E-state index contributed by atoms with van der Waals surface area (Å²) in [4.78, 5) is 4.37. The maximum atomic E-state index is 6.09. The molecule has 0 bridgehead atoms. The summed E-state index contributed by atoms with van der Waals surface area (Å²) < 4.78 is 11.9. The van der Waals surface area contributed by atoms with E-state index in [1.165, 1.54) is 12.0 Å². The van der Waals surface area contributed by atoms with Gasteiger partial charge in [0.1, 0.15) is 0 Å². The second-order valence-electron chi connectivity index (χ2n) is 7.51. The normalized spacial score (nSPS) is 21.9. The number of aliphatic imine (C=N–C) groups is 1. The topological polar surface area (TPSA) is 54.9 Å². The Morgan fingerprint density at radius 2 is 2.04 bits per heavy atom. The van der Waals surface area contributed by atoms with Gasteiger partial charge in [-0.1, -0.05) is 44.2 Å². The van der Waals surface area contributed by atoms with Crippen LogP contribution in [-0.4, -0.2) is 45.4 Å². The average Bonchev–Trinajstić information content (AvgIpc) is 2.70. The highest BCUT2D eigenvalue weighted by molar-refractivity contribution is 5.79. The maximum Gasteiger partial charge on any atom is 0.190 e. The lowest BCUT2D eigenvalue weighted by molar-refractivity contribution is -0.0265. The molecule has 1 aromatic carbocycles. The van der Waals surface area contributed by atoms with E-state index in [1.807, 2.05) is 7.05 Å². The van der Waals surface area contributed by atoms with Gasteiger partial charge in [0.05, 0.1) is 12.2 Å². The summed E-state index contributed by atoms with van der Waals surface area (Å²) in [7, 11) is 1.82. The SMILES string of the molecule is CCOC(CCNC(=NC)NCC1CCCOC1c1ccccc1)C(C)C. The number of rotatable bonds is 9. The Labute approximate surface area is 164 Å². The third-order valence-electron chi connectivity index (χ3n) is 5.17. The van der Waals surface area contributed by atoms with Gasteiger partial charge in [-0.2, -0.15) is 0 Å². The van der Waals surface area contributed by atoms with Crippen molar-refractivity contribution in [3.63, 3.8) is 0 Å². The fraction of sp³-hybridized carbons (Fsp3) is 0.682. The largest absolute Gasteiger partial charge is 0.378 e. The number of hydrogen-bond donors (Lipinski definition) is 2. The Kier molecular flexibility index (Phi) is 9.64. The molecule has 3 atom stereocenters. The van der Waals surface area contributed by atoms with E-state index in [4.69, 9.17) is 9.47 Å². The van der Waals surface area contributed by atoms with Crippen molar-refractivity contribution in [2.24, 2.45) is 16.8 Å². The molecule has 27 heavy (non-hydrogen) atoms. The van der Waals surface area contributed by atoms with Crippen molar-refractivity contribution < 1.29 is 9.47 Å². The number of nitrogens with zero attached hydrogens (tertiary/aromatic N) is 1. The minimum absolute atomic E-state index is 0.161. The quantitative estimate of drug-likeness (QED) is 0.510. The Morgan fingerprint density at radius 1 is 1.26 bits per heavy atom. The van der Waals surface area contributed by atoms with E-state index in [1.54, 1.807) is 0 Å². The first kappa shape index (κ1) is 21.7. The molecule has 1 aromatic rings. The molecule has 0 spiro atoms. The maximum absolute atomic E-state index is 6.09. The Balaban J connectivity index is 1.81. The van der Waals surface area contributed by atoms with Crippen LogP contribution in [0.15, 0.2) is 35.3 Å². The molecule has 2 rings (SSSR count). The van der Waals surface area contributed by atoms with Crippen molar-refractivity contribution in [2.75, 3.05) is 33.4 Å². The fourth-order valence-electron chi connectivity index (χ4n) is 3.67. The van der Waals surface area contributed by atoms with Crippen LogP contribution in [0.25, 0.3) is 0 Å². The van der Waals surface area contributed by atoms with E-state index in [9.17, 15) is 0 Å². The smallest absolute Gasteiger partial charge is 0.190 e. The van der Waals surface area contributed by atoms with Gasteiger partial charge in [-0.25, -0.2) is 0 Å². The molecule has 1 heterocycles. The zero-order valence-electron chi connectivity index (χ0n) is 17.4. The van der Waals surface area contributed by atoms with Gasteiger partial charge in [0, 0.05) is 39.3 Å². The van der Waals surface area contributed by atoms with Gasteiger partial charge < -0.3 is 20.1 Å². The Morgan fingerprint density at radius 3 is 2.70 bits per heavy atom. The summed E-state index contributed by atoms with van der Waals surface area (Å²) in [6.45, 7) is 9.79. The molecule has 1 saturated heterocycles. The molecule has 2 N–H and O–H groups in total. The van der Waals surface area contributed by atoms with Crippen molar-refractivity contribution in [3.05, 3.63) is 35.9 Å². The average molecular weight is 376 g/mol. The highest BCUT2D eigenvalue weighted by Gasteiger charge is 2.27. The lowest BCUT2D eigenvalue weighted by Gasteiger charge is -2.32. The van der Waals surface area contributed by atoms with Crippen molar-refractivity contribution >= 4 is 5.96 Å². The second kappa shape index (κ2) is 12.0. The molecule has 0 radical (unpaired) electrons. The van der Waals surface area contributed by atoms with Gasteiger partial charge in [-0.05, 0) is 37.7 Å². The van der Waals surface area contributed by atoms with Crippen molar-refractivity contribution in [1.29, 1.82) is 0 Å². The number of hydrogen-bond acceptors (Lipinski definition) is 3. The van der Waals surface area contributed by atoms with E-state index in [0.717, 1.165) is 45.1 Å². The van der Waals surface area contributed by atoms with Gasteiger partial charge in [0.15, 0.2) is 5.96 Å². The van der Waals surface area contributed by atoms with Crippen molar-refractivity contribution in [1.82, 2.24) is 10.6 Å². The summed E-state index contributed by atoms with van der Waals surface area (Å²) in [5.74, 6) is 1.82. The lowest BCUT2D eigenvalue weighted by Crippen LogP contribution is -2.43. The van der Waals surface area contributed by atoms with Crippen molar-refractivity contribution in [2.45, 2.75) is 52.2 Å². The molecular formula is C22H37N3O2. The molecule has 3 unspecified atom stereocenters. The summed E-state index contributed by atoms with van der Waals surface area (Å²) in [6.07, 6.45) is 3.71. The zero-order chi connectivity index (χ0) is 19.5. The molecule has 5 nitrogen and oxygen atoms in total. The first-order valence-electron chi connectivity index (χ1n) is 10.4. The lowest BCUT2D eigenvalue weighted by atomic mass is 9.89. The first-order chi connectivity index (χ1) is 13.2. The zero-order valence-corrected chi connectivity index (χ0v) is 17.4. The van der Waals surface area contributed by atoms with Crippen LogP contribution in [0.2, 0.25) is 0 Å². The van der Waals surface area contributed by atoms with Gasteiger partial charge in [0.25, 0.3) is 0 Å². The van der Waals surface area contributed by atoms with E-state index >= 15 is 0 Å². The highest BCUT2D eigenvalue weighted by Crippen LogP contribution is 2.32. The summed E-state index contributed by atoms with van der Waals surface area (Å²) in [6, 6.07) is 10.5. The molecule has 1 aliphatic rings. The number of nitrogens with one attached hydrogen (secondary N) is 2. The van der Waals surface area contributed by atoms with Crippen LogP contribution in [0.3, 0.4) is 0 Å².